The molecular weight excluding hydrogens is 496 g/mol. The SMILES string of the molecule is CCOC(=O)C(C)(C)c1ccc(C(N)(Cc2cccc(OCC(=O)O)c2)S(=O)(=O)c2cccnc2)cc1. The maximum atomic E-state index is 13.9. The van der Waals surface area contributed by atoms with Gasteiger partial charge in [-0.15, -0.1) is 0 Å². The molecule has 0 aliphatic heterocycles. The molecule has 0 aliphatic carbocycles. The fourth-order valence-corrected chi connectivity index (χ4v) is 5.54. The van der Waals surface area contributed by atoms with Crippen molar-refractivity contribution >= 4 is 21.8 Å². The Morgan fingerprint density at radius 2 is 1.70 bits per heavy atom. The smallest absolute Gasteiger partial charge is 0.341 e. The maximum Gasteiger partial charge on any atom is 0.341 e. The van der Waals surface area contributed by atoms with Crippen LogP contribution < -0.4 is 10.5 Å². The molecule has 10 heteroatoms. The van der Waals surface area contributed by atoms with Crippen molar-refractivity contribution in [2.45, 2.75) is 42.4 Å². The molecule has 2 aromatic carbocycles. The highest BCUT2D eigenvalue weighted by atomic mass is 32.2. The topological polar surface area (TPSA) is 146 Å². The van der Waals surface area contributed by atoms with Gasteiger partial charge >= 0.3 is 11.9 Å². The van der Waals surface area contributed by atoms with E-state index in [1.807, 2.05) is 0 Å². The van der Waals surface area contributed by atoms with Gasteiger partial charge in [0.2, 0.25) is 9.84 Å². The zero-order valence-electron chi connectivity index (χ0n) is 20.9. The lowest BCUT2D eigenvalue weighted by molar-refractivity contribution is -0.148. The van der Waals surface area contributed by atoms with E-state index in [1.54, 1.807) is 69.3 Å². The number of hydrogen-bond acceptors (Lipinski definition) is 8. The van der Waals surface area contributed by atoms with Crippen molar-refractivity contribution in [1.29, 1.82) is 0 Å². The van der Waals surface area contributed by atoms with E-state index >= 15 is 0 Å². The first-order valence-electron chi connectivity index (χ1n) is 11.6. The number of rotatable bonds is 11. The van der Waals surface area contributed by atoms with Gasteiger partial charge in [-0.05, 0) is 61.7 Å². The summed E-state index contributed by atoms with van der Waals surface area (Å²) in [6.45, 7) is 4.88. The number of carboxylic acid groups (broad SMARTS) is 1. The van der Waals surface area contributed by atoms with Crippen LogP contribution in [0.15, 0.2) is 78.0 Å². The molecule has 0 saturated heterocycles. The Hall–Kier alpha value is -3.76. The summed E-state index contributed by atoms with van der Waals surface area (Å²) in [7, 11) is -4.17. The predicted octanol–water partition coefficient (Wildman–Crippen LogP) is 3.21. The van der Waals surface area contributed by atoms with Gasteiger partial charge in [-0.25, -0.2) is 13.2 Å². The number of nitrogens with zero attached hydrogens (tertiary/aromatic N) is 1. The zero-order chi connectivity index (χ0) is 27.3. The number of benzene rings is 2. The highest BCUT2D eigenvalue weighted by Crippen LogP contribution is 2.36. The lowest BCUT2D eigenvalue weighted by Crippen LogP contribution is -2.47. The summed E-state index contributed by atoms with van der Waals surface area (Å²) < 4.78 is 38.2. The van der Waals surface area contributed by atoms with Crippen LogP contribution in [0.3, 0.4) is 0 Å². The van der Waals surface area contributed by atoms with Gasteiger partial charge < -0.3 is 20.3 Å². The minimum absolute atomic E-state index is 0.0493. The normalized spacial score (nSPS) is 13.4. The lowest BCUT2D eigenvalue weighted by Gasteiger charge is -2.31. The van der Waals surface area contributed by atoms with Crippen LogP contribution in [0, 0.1) is 0 Å². The highest BCUT2D eigenvalue weighted by Gasteiger charge is 2.43. The second kappa shape index (κ2) is 11.1. The number of nitrogens with two attached hydrogens (primary N) is 1. The van der Waals surface area contributed by atoms with Crippen molar-refractivity contribution in [2.24, 2.45) is 5.73 Å². The average molecular weight is 527 g/mol. The fraction of sp³-hybridized carbons (Fsp3) is 0.296. The Labute approximate surface area is 216 Å². The van der Waals surface area contributed by atoms with Crippen LogP contribution in [-0.4, -0.2) is 43.7 Å². The molecule has 1 aromatic heterocycles. The van der Waals surface area contributed by atoms with Crippen molar-refractivity contribution in [1.82, 2.24) is 4.98 Å². The molecule has 196 valence electrons. The van der Waals surface area contributed by atoms with E-state index in [9.17, 15) is 18.0 Å². The monoisotopic (exact) mass is 526 g/mol. The van der Waals surface area contributed by atoms with Gasteiger partial charge in [0.05, 0.1) is 16.9 Å². The third-order valence-electron chi connectivity index (χ3n) is 6.03. The number of carbonyl (C=O) groups is 2. The van der Waals surface area contributed by atoms with E-state index < -0.39 is 38.7 Å². The molecule has 1 unspecified atom stereocenters. The van der Waals surface area contributed by atoms with Crippen LogP contribution in [0.1, 0.15) is 37.5 Å². The molecule has 37 heavy (non-hydrogen) atoms. The molecule has 3 rings (SSSR count). The van der Waals surface area contributed by atoms with Gasteiger partial charge in [-0.2, -0.15) is 0 Å². The lowest BCUT2D eigenvalue weighted by atomic mass is 9.83. The molecule has 9 nitrogen and oxygen atoms in total. The molecule has 1 heterocycles. The molecule has 0 amide bonds. The molecular formula is C27H30N2O7S. The first kappa shape index (κ1) is 27.8. The number of hydrogen-bond donors (Lipinski definition) is 2. The molecule has 3 aromatic rings. The van der Waals surface area contributed by atoms with Crippen molar-refractivity contribution < 1.29 is 32.6 Å². The summed E-state index contributed by atoms with van der Waals surface area (Å²) in [6, 6.07) is 15.9. The van der Waals surface area contributed by atoms with E-state index in [4.69, 9.17) is 20.3 Å². The summed E-state index contributed by atoms with van der Waals surface area (Å²) in [4.78, 5) is 25.3. The second-order valence-corrected chi connectivity index (χ2v) is 11.2. The number of sulfone groups is 1. The summed E-state index contributed by atoms with van der Waals surface area (Å²) in [5.41, 5.74) is 7.27. The van der Waals surface area contributed by atoms with E-state index in [2.05, 4.69) is 4.98 Å². The van der Waals surface area contributed by atoms with Gasteiger partial charge in [0.1, 0.15) is 5.75 Å². The Morgan fingerprint density at radius 1 is 1.03 bits per heavy atom. The number of carboxylic acids is 1. The van der Waals surface area contributed by atoms with Crippen molar-refractivity contribution in [3.8, 4) is 5.75 Å². The van der Waals surface area contributed by atoms with Crippen LogP contribution >= 0.6 is 0 Å². The third kappa shape index (κ3) is 5.98. The molecule has 0 bridgehead atoms. The first-order chi connectivity index (χ1) is 17.4. The zero-order valence-corrected chi connectivity index (χ0v) is 21.7. The van der Waals surface area contributed by atoms with Crippen molar-refractivity contribution in [2.75, 3.05) is 13.2 Å². The largest absolute Gasteiger partial charge is 0.482 e. The van der Waals surface area contributed by atoms with Crippen LogP contribution in [-0.2, 0) is 40.9 Å². The molecule has 1 atom stereocenters. The van der Waals surface area contributed by atoms with Crippen molar-refractivity contribution in [3.05, 3.63) is 89.7 Å². The van der Waals surface area contributed by atoms with Crippen LogP contribution in [0.5, 0.6) is 5.75 Å². The Balaban J connectivity index is 2.08. The molecule has 3 N–H and O–H groups in total. The van der Waals surface area contributed by atoms with Gasteiger partial charge in [0, 0.05) is 18.8 Å². The summed E-state index contributed by atoms with van der Waals surface area (Å²) in [5, 5.41) is 8.90. The van der Waals surface area contributed by atoms with Crippen LogP contribution in [0.4, 0.5) is 0 Å². The Morgan fingerprint density at radius 3 is 2.30 bits per heavy atom. The number of aromatic nitrogens is 1. The predicted molar refractivity (Wildman–Crippen MR) is 137 cm³/mol. The Kier molecular flexibility index (Phi) is 8.35. The summed E-state index contributed by atoms with van der Waals surface area (Å²) in [5.74, 6) is -1.26. The van der Waals surface area contributed by atoms with Crippen molar-refractivity contribution in [3.63, 3.8) is 0 Å². The second-order valence-electron chi connectivity index (χ2n) is 9.01. The third-order valence-corrected chi connectivity index (χ3v) is 8.23. The van der Waals surface area contributed by atoms with E-state index in [0.29, 0.717) is 16.7 Å². The number of aliphatic carboxylic acids is 1. The van der Waals surface area contributed by atoms with Gasteiger partial charge in [-0.3, -0.25) is 9.78 Å². The number of pyridine rings is 1. The van der Waals surface area contributed by atoms with Crippen LogP contribution in [0.2, 0.25) is 0 Å². The van der Waals surface area contributed by atoms with E-state index in [-0.39, 0.29) is 23.7 Å². The average Bonchev–Trinajstić information content (AvgIpc) is 2.88. The first-order valence-corrected chi connectivity index (χ1v) is 13.1. The molecule has 0 radical (unpaired) electrons. The maximum absolute atomic E-state index is 13.9. The van der Waals surface area contributed by atoms with Gasteiger partial charge in [-0.1, -0.05) is 36.4 Å². The summed E-state index contributed by atoms with van der Waals surface area (Å²) in [6.07, 6.45) is 2.56. The Bertz CT molecular complexity index is 1360. The standard InChI is InChI=1S/C27H30N2O7S/c1-4-35-25(32)26(2,3)20-10-12-21(13-11-20)27(28,37(33,34)23-9-6-14-29-17-23)16-19-7-5-8-22(15-19)36-18-24(30)31/h5-15,17H,4,16,18,28H2,1-3H3,(H,30,31). The van der Waals surface area contributed by atoms with E-state index in [1.165, 1.54) is 24.5 Å². The number of esters is 1. The van der Waals surface area contributed by atoms with Crippen LogP contribution in [0.25, 0.3) is 0 Å². The van der Waals surface area contributed by atoms with Gasteiger partial charge in [0.25, 0.3) is 0 Å². The molecule has 0 spiro atoms. The van der Waals surface area contributed by atoms with E-state index in [0.717, 1.165) is 0 Å². The number of ether oxygens (including phenoxy) is 2. The molecule has 0 fully saturated rings. The van der Waals surface area contributed by atoms with Gasteiger partial charge in [0.15, 0.2) is 11.5 Å². The molecule has 0 aliphatic rings. The summed E-state index contributed by atoms with van der Waals surface area (Å²) >= 11 is 0. The number of carbonyl (C=O) groups excluding carboxylic acids is 1. The minimum Gasteiger partial charge on any atom is -0.482 e. The quantitative estimate of drug-likeness (QED) is 0.360. The highest BCUT2D eigenvalue weighted by molar-refractivity contribution is 7.92. The fourth-order valence-electron chi connectivity index (χ4n) is 3.86. The minimum atomic E-state index is -4.17. The molecule has 0 saturated carbocycles.